The SMILES string of the molecule is CC(O)c1ccccc1.CC(O)c1ccccc1.CC(O)c1ccccc1. The second kappa shape index (κ2) is 12.8. The lowest BCUT2D eigenvalue weighted by molar-refractivity contribution is 0.199. The molecule has 0 aliphatic heterocycles. The molecule has 0 bridgehead atoms. The molecule has 0 spiro atoms. The summed E-state index contributed by atoms with van der Waals surface area (Å²) in [5.41, 5.74) is 2.91. The van der Waals surface area contributed by atoms with Gasteiger partial charge in [0.05, 0.1) is 18.3 Å². The Morgan fingerprint density at radius 2 is 0.593 bits per heavy atom. The number of hydrogen-bond donors (Lipinski definition) is 3. The third-order valence-electron chi connectivity index (χ3n) is 3.85. The lowest BCUT2D eigenvalue weighted by Gasteiger charge is -2.00. The highest BCUT2D eigenvalue weighted by Gasteiger charge is 1.96. The molecular formula is C24H30O3. The summed E-state index contributed by atoms with van der Waals surface area (Å²) in [4.78, 5) is 0. The Bertz CT molecular complexity index is 605. The van der Waals surface area contributed by atoms with Crippen LogP contribution in [0.1, 0.15) is 55.8 Å². The van der Waals surface area contributed by atoms with Crippen molar-refractivity contribution >= 4 is 0 Å². The maximum absolute atomic E-state index is 9.02. The van der Waals surface area contributed by atoms with Crippen LogP contribution < -0.4 is 0 Å². The van der Waals surface area contributed by atoms with E-state index in [4.69, 9.17) is 15.3 Å². The molecule has 3 atom stereocenters. The molecular weight excluding hydrogens is 336 g/mol. The van der Waals surface area contributed by atoms with Gasteiger partial charge in [0, 0.05) is 0 Å². The summed E-state index contributed by atoms with van der Waals surface area (Å²) >= 11 is 0. The molecule has 3 aromatic rings. The minimum atomic E-state index is -0.341. The summed E-state index contributed by atoms with van der Waals surface area (Å²) in [5, 5.41) is 27.1. The summed E-state index contributed by atoms with van der Waals surface area (Å²) in [7, 11) is 0. The Morgan fingerprint density at radius 1 is 0.407 bits per heavy atom. The average molecular weight is 367 g/mol. The summed E-state index contributed by atoms with van der Waals surface area (Å²) in [6.45, 7) is 5.28. The van der Waals surface area contributed by atoms with Gasteiger partial charge in [-0.05, 0) is 37.5 Å². The van der Waals surface area contributed by atoms with Crippen LogP contribution in [-0.2, 0) is 0 Å². The van der Waals surface area contributed by atoms with E-state index in [1.807, 2.05) is 91.0 Å². The molecule has 0 radical (unpaired) electrons. The lowest BCUT2D eigenvalue weighted by atomic mass is 10.1. The molecule has 144 valence electrons. The van der Waals surface area contributed by atoms with Crippen LogP contribution in [0.2, 0.25) is 0 Å². The van der Waals surface area contributed by atoms with Crippen LogP contribution in [-0.4, -0.2) is 15.3 Å². The molecule has 3 nitrogen and oxygen atoms in total. The van der Waals surface area contributed by atoms with E-state index in [0.29, 0.717) is 0 Å². The van der Waals surface area contributed by atoms with E-state index < -0.39 is 0 Å². The maximum atomic E-state index is 9.02. The average Bonchev–Trinajstić information content (AvgIpc) is 2.71. The molecule has 0 heterocycles. The van der Waals surface area contributed by atoms with Crippen LogP contribution in [0.15, 0.2) is 91.0 Å². The van der Waals surface area contributed by atoms with Gasteiger partial charge in [-0.25, -0.2) is 0 Å². The van der Waals surface area contributed by atoms with Crippen molar-refractivity contribution in [1.29, 1.82) is 0 Å². The zero-order valence-electron chi connectivity index (χ0n) is 16.2. The van der Waals surface area contributed by atoms with Gasteiger partial charge < -0.3 is 15.3 Å². The molecule has 3 rings (SSSR count). The Morgan fingerprint density at radius 3 is 0.704 bits per heavy atom. The second-order valence-corrected chi connectivity index (χ2v) is 6.26. The molecule has 3 unspecified atom stereocenters. The fraction of sp³-hybridized carbons (Fsp3) is 0.250. The van der Waals surface area contributed by atoms with Crippen LogP contribution in [0, 0.1) is 0 Å². The fourth-order valence-electron chi connectivity index (χ4n) is 2.19. The maximum Gasteiger partial charge on any atom is 0.0761 e. The lowest BCUT2D eigenvalue weighted by Crippen LogP contribution is -1.87. The quantitative estimate of drug-likeness (QED) is 0.595. The first kappa shape index (κ1) is 22.6. The Balaban J connectivity index is 0.000000202. The van der Waals surface area contributed by atoms with Gasteiger partial charge in [0.25, 0.3) is 0 Å². The molecule has 0 amide bonds. The van der Waals surface area contributed by atoms with E-state index in [-0.39, 0.29) is 18.3 Å². The molecule has 27 heavy (non-hydrogen) atoms. The summed E-state index contributed by atoms with van der Waals surface area (Å²) in [5.74, 6) is 0. The van der Waals surface area contributed by atoms with E-state index in [1.54, 1.807) is 20.8 Å². The molecule has 3 heteroatoms. The molecule has 0 aliphatic rings. The van der Waals surface area contributed by atoms with E-state index in [1.165, 1.54) is 0 Å². The van der Waals surface area contributed by atoms with Gasteiger partial charge in [-0.3, -0.25) is 0 Å². The minimum Gasteiger partial charge on any atom is -0.389 e. The highest BCUT2D eigenvalue weighted by atomic mass is 16.3. The Hall–Kier alpha value is -2.46. The van der Waals surface area contributed by atoms with Crippen molar-refractivity contribution in [2.75, 3.05) is 0 Å². The highest BCUT2D eigenvalue weighted by Crippen LogP contribution is 2.10. The molecule has 0 fully saturated rings. The van der Waals surface area contributed by atoms with Crippen molar-refractivity contribution in [1.82, 2.24) is 0 Å². The molecule has 3 N–H and O–H groups in total. The Kier molecular flexibility index (Phi) is 10.7. The predicted molar refractivity (Wildman–Crippen MR) is 111 cm³/mol. The number of rotatable bonds is 3. The fourth-order valence-corrected chi connectivity index (χ4v) is 2.19. The normalized spacial score (nSPS) is 13.1. The number of aliphatic hydroxyl groups is 3. The van der Waals surface area contributed by atoms with Crippen molar-refractivity contribution in [2.24, 2.45) is 0 Å². The van der Waals surface area contributed by atoms with Crippen LogP contribution in [0.25, 0.3) is 0 Å². The van der Waals surface area contributed by atoms with Gasteiger partial charge in [-0.2, -0.15) is 0 Å². The summed E-state index contributed by atoms with van der Waals surface area (Å²) in [6, 6.07) is 28.8. The number of hydrogen-bond acceptors (Lipinski definition) is 3. The molecule has 0 aliphatic carbocycles. The van der Waals surface area contributed by atoms with Gasteiger partial charge in [0.15, 0.2) is 0 Å². The summed E-state index contributed by atoms with van der Waals surface area (Å²) in [6.07, 6.45) is -1.02. The summed E-state index contributed by atoms with van der Waals surface area (Å²) < 4.78 is 0. The van der Waals surface area contributed by atoms with Crippen molar-refractivity contribution in [3.8, 4) is 0 Å². The largest absolute Gasteiger partial charge is 0.389 e. The predicted octanol–water partition coefficient (Wildman–Crippen LogP) is 5.22. The minimum absolute atomic E-state index is 0.341. The topological polar surface area (TPSA) is 60.7 Å². The number of aliphatic hydroxyl groups excluding tert-OH is 3. The Labute approximate surface area is 162 Å². The van der Waals surface area contributed by atoms with Crippen LogP contribution in [0.5, 0.6) is 0 Å². The van der Waals surface area contributed by atoms with Gasteiger partial charge in [-0.1, -0.05) is 91.0 Å². The standard InChI is InChI=1S/3C8H10O/c3*1-7(9)8-5-3-2-4-6-8/h3*2-7,9H,1H3. The van der Waals surface area contributed by atoms with E-state index in [0.717, 1.165) is 16.7 Å². The van der Waals surface area contributed by atoms with Gasteiger partial charge in [0.1, 0.15) is 0 Å². The van der Waals surface area contributed by atoms with Crippen LogP contribution in [0.3, 0.4) is 0 Å². The smallest absolute Gasteiger partial charge is 0.0761 e. The highest BCUT2D eigenvalue weighted by molar-refractivity contribution is 5.17. The first-order valence-electron chi connectivity index (χ1n) is 9.10. The van der Waals surface area contributed by atoms with Crippen molar-refractivity contribution in [2.45, 2.75) is 39.1 Å². The van der Waals surface area contributed by atoms with Crippen molar-refractivity contribution in [3.05, 3.63) is 108 Å². The zero-order chi connectivity index (χ0) is 20.1. The first-order valence-corrected chi connectivity index (χ1v) is 9.10. The zero-order valence-corrected chi connectivity index (χ0v) is 16.2. The van der Waals surface area contributed by atoms with Gasteiger partial charge in [0.2, 0.25) is 0 Å². The third-order valence-corrected chi connectivity index (χ3v) is 3.85. The van der Waals surface area contributed by atoms with Crippen molar-refractivity contribution < 1.29 is 15.3 Å². The molecule has 0 aromatic heterocycles. The van der Waals surface area contributed by atoms with Gasteiger partial charge >= 0.3 is 0 Å². The number of benzene rings is 3. The van der Waals surface area contributed by atoms with E-state index in [2.05, 4.69) is 0 Å². The van der Waals surface area contributed by atoms with Crippen LogP contribution >= 0.6 is 0 Å². The third kappa shape index (κ3) is 9.71. The molecule has 3 aromatic carbocycles. The van der Waals surface area contributed by atoms with E-state index in [9.17, 15) is 0 Å². The first-order chi connectivity index (χ1) is 12.9. The van der Waals surface area contributed by atoms with E-state index >= 15 is 0 Å². The molecule has 0 saturated heterocycles. The van der Waals surface area contributed by atoms with Crippen LogP contribution in [0.4, 0.5) is 0 Å². The van der Waals surface area contributed by atoms with Gasteiger partial charge in [-0.15, -0.1) is 0 Å². The van der Waals surface area contributed by atoms with Crippen molar-refractivity contribution in [3.63, 3.8) is 0 Å². The monoisotopic (exact) mass is 366 g/mol. The second-order valence-electron chi connectivity index (χ2n) is 6.26. The molecule has 0 saturated carbocycles.